The van der Waals surface area contributed by atoms with E-state index in [4.69, 9.17) is 11.6 Å². The van der Waals surface area contributed by atoms with E-state index in [-0.39, 0.29) is 17.1 Å². The number of hydrogen-bond acceptors (Lipinski definition) is 3. The number of amides is 1. The van der Waals surface area contributed by atoms with Gasteiger partial charge < -0.3 is 10.4 Å². The third-order valence-electron chi connectivity index (χ3n) is 2.89. The van der Waals surface area contributed by atoms with Gasteiger partial charge in [0.25, 0.3) is 5.91 Å². The smallest absolute Gasteiger partial charge is 0.326 e. The Labute approximate surface area is 126 Å². The van der Waals surface area contributed by atoms with Gasteiger partial charge in [-0.2, -0.15) is 0 Å². The molecule has 108 valence electrons. The molecule has 0 fully saturated rings. The highest BCUT2D eigenvalue weighted by atomic mass is 35.5. The molecule has 2 N–H and O–H groups in total. The van der Waals surface area contributed by atoms with Crippen molar-refractivity contribution in [1.82, 2.24) is 10.3 Å². The summed E-state index contributed by atoms with van der Waals surface area (Å²) in [5.41, 5.74) is 0.973. The van der Waals surface area contributed by atoms with Crippen LogP contribution < -0.4 is 5.32 Å². The Balaban J connectivity index is 2.12. The lowest BCUT2D eigenvalue weighted by Crippen LogP contribution is -2.42. The van der Waals surface area contributed by atoms with Gasteiger partial charge in [-0.25, -0.2) is 9.78 Å². The highest BCUT2D eigenvalue weighted by molar-refractivity contribution is 6.32. The van der Waals surface area contributed by atoms with E-state index < -0.39 is 17.9 Å². The van der Waals surface area contributed by atoms with E-state index in [0.29, 0.717) is 0 Å². The number of pyridine rings is 1. The fourth-order valence-corrected chi connectivity index (χ4v) is 2.05. The van der Waals surface area contributed by atoms with E-state index in [0.717, 1.165) is 5.56 Å². The number of rotatable bonds is 5. The van der Waals surface area contributed by atoms with Crippen molar-refractivity contribution < 1.29 is 14.7 Å². The van der Waals surface area contributed by atoms with E-state index in [2.05, 4.69) is 10.3 Å². The van der Waals surface area contributed by atoms with Crippen molar-refractivity contribution in [2.75, 3.05) is 0 Å². The van der Waals surface area contributed by atoms with Crippen LogP contribution in [0, 0.1) is 0 Å². The van der Waals surface area contributed by atoms with Crippen molar-refractivity contribution in [3.05, 3.63) is 64.9 Å². The van der Waals surface area contributed by atoms with Gasteiger partial charge in [0.15, 0.2) is 0 Å². The Kier molecular flexibility index (Phi) is 4.90. The minimum absolute atomic E-state index is 0.0406. The Morgan fingerprint density at radius 1 is 1.19 bits per heavy atom. The third-order valence-corrected chi connectivity index (χ3v) is 3.19. The zero-order valence-electron chi connectivity index (χ0n) is 11.0. The van der Waals surface area contributed by atoms with Gasteiger partial charge >= 0.3 is 5.97 Å². The van der Waals surface area contributed by atoms with E-state index in [1.54, 1.807) is 18.2 Å². The van der Waals surface area contributed by atoms with E-state index in [1.165, 1.54) is 12.3 Å². The van der Waals surface area contributed by atoms with Crippen LogP contribution in [-0.2, 0) is 11.2 Å². The number of hydrogen-bond donors (Lipinski definition) is 2. The summed E-state index contributed by atoms with van der Waals surface area (Å²) in [4.78, 5) is 27.2. The first-order valence-corrected chi connectivity index (χ1v) is 6.64. The number of carboxylic acid groups (broad SMARTS) is 1. The molecule has 1 heterocycles. The molecule has 2 aromatic rings. The summed E-state index contributed by atoms with van der Waals surface area (Å²) in [7, 11) is 0. The number of halogens is 1. The average Bonchev–Trinajstić information content (AvgIpc) is 2.48. The predicted octanol–water partition coefficient (Wildman–Crippen LogP) is 2.16. The second-order valence-electron chi connectivity index (χ2n) is 4.40. The standard InChI is InChI=1S/C15H13ClN2O3/c16-13-11(7-4-8-17-13)14(19)18-12(15(20)21)9-10-5-2-1-3-6-10/h1-8,12H,9H2,(H,18,19)(H,20,21)/t12-/m0/s1. The lowest BCUT2D eigenvalue weighted by atomic mass is 10.1. The summed E-state index contributed by atoms with van der Waals surface area (Å²) in [5, 5.41) is 11.7. The number of carboxylic acids is 1. The molecule has 1 aromatic carbocycles. The second kappa shape index (κ2) is 6.85. The molecule has 21 heavy (non-hydrogen) atoms. The largest absolute Gasteiger partial charge is 0.480 e. The van der Waals surface area contributed by atoms with Crippen molar-refractivity contribution >= 4 is 23.5 Å². The monoisotopic (exact) mass is 304 g/mol. The van der Waals surface area contributed by atoms with Crippen molar-refractivity contribution in [3.63, 3.8) is 0 Å². The fraction of sp³-hybridized carbons (Fsp3) is 0.133. The first-order chi connectivity index (χ1) is 10.1. The Bertz CT molecular complexity index is 646. The molecule has 0 saturated heterocycles. The lowest BCUT2D eigenvalue weighted by Gasteiger charge is -2.15. The van der Waals surface area contributed by atoms with Gasteiger partial charge in [-0.05, 0) is 17.7 Å². The molecular weight excluding hydrogens is 292 g/mol. The fourth-order valence-electron chi connectivity index (χ4n) is 1.84. The predicted molar refractivity (Wildman–Crippen MR) is 78.3 cm³/mol. The molecule has 2 rings (SSSR count). The summed E-state index contributed by atoms with van der Waals surface area (Å²) in [5.74, 6) is -1.66. The third kappa shape index (κ3) is 4.03. The maximum Gasteiger partial charge on any atom is 0.326 e. The molecular formula is C15H13ClN2O3. The zero-order valence-corrected chi connectivity index (χ0v) is 11.7. The van der Waals surface area contributed by atoms with Crippen LogP contribution in [0.3, 0.4) is 0 Å². The summed E-state index contributed by atoms with van der Waals surface area (Å²) in [6.07, 6.45) is 1.65. The van der Waals surface area contributed by atoms with Crippen LogP contribution in [0.5, 0.6) is 0 Å². The van der Waals surface area contributed by atoms with Crippen molar-refractivity contribution in [2.24, 2.45) is 0 Å². The quantitative estimate of drug-likeness (QED) is 0.830. The minimum Gasteiger partial charge on any atom is -0.480 e. The van der Waals surface area contributed by atoms with Gasteiger partial charge in [0.2, 0.25) is 0 Å². The number of aliphatic carboxylic acids is 1. The van der Waals surface area contributed by atoms with Crippen LogP contribution in [-0.4, -0.2) is 28.0 Å². The van der Waals surface area contributed by atoms with Gasteiger partial charge in [-0.15, -0.1) is 0 Å². The first-order valence-electron chi connectivity index (χ1n) is 6.26. The van der Waals surface area contributed by atoms with Gasteiger partial charge in [0, 0.05) is 12.6 Å². The normalized spacial score (nSPS) is 11.7. The lowest BCUT2D eigenvalue weighted by molar-refractivity contribution is -0.139. The minimum atomic E-state index is -1.10. The number of benzene rings is 1. The van der Waals surface area contributed by atoms with Crippen LogP contribution in [0.1, 0.15) is 15.9 Å². The molecule has 1 atom stereocenters. The van der Waals surface area contributed by atoms with E-state index >= 15 is 0 Å². The van der Waals surface area contributed by atoms with Crippen molar-refractivity contribution in [1.29, 1.82) is 0 Å². The maximum atomic E-state index is 12.1. The van der Waals surface area contributed by atoms with E-state index in [9.17, 15) is 14.7 Å². The summed E-state index contributed by atoms with van der Waals surface area (Å²) < 4.78 is 0. The first kappa shape index (κ1) is 15.0. The topological polar surface area (TPSA) is 79.3 Å². The molecule has 0 aliphatic heterocycles. The molecule has 0 bridgehead atoms. The zero-order chi connectivity index (χ0) is 15.2. The van der Waals surface area contributed by atoms with E-state index in [1.807, 2.05) is 18.2 Å². The number of carbonyl (C=O) groups excluding carboxylic acids is 1. The van der Waals surface area contributed by atoms with Gasteiger partial charge in [0.05, 0.1) is 5.56 Å². The average molecular weight is 305 g/mol. The van der Waals surface area contributed by atoms with Crippen LogP contribution >= 0.6 is 11.6 Å². The van der Waals surface area contributed by atoms with Gasteiger partial charge in [-0.1, -0.05) is 41.9 Å². The highest BCUT2D eigenvalue weighted by Gasteiger charge is 2.22. The number of nitrogens with one attached hydrogen (secondary N) is 1. The molecule has 5 nitrogen and oxygen atoms in total. The molecule has 0 spiro atoms. The van der Waals surface area contributed by atoms with Gasteiger partial charge in [0.1, 0.15) is 11.2 Å². The van der Waals surface area contributed by atoms with Gasteiger partial charge in [-0.3, -0.25) is 4.79 Å². The van der Waals surface area contributed by atoms with Crippen molar-refractivity contribution in [2.45, 2.75) is 12.5 Å². The Hall–Kier alpha value is -2.40. The number of carbonyl (C=O) groups is 2. The summed E-state index contributed by atoms with van der Waals surface area (Å²) in [6.45, 7) is 0. The Morgan fingerprint density at radius 3 is 2.52 bits per heavy atom. The maximum absolute atomic E-state index is 12.1. The molecule has 1 amide bonds. The SMILES string of the molecule is O=C(N[C@@H](Cc1ccccc1)C(=O)O)c1cccnc1Cl. The highest BCUT2D eigenvalue weighted by Crippen LogP contribution is 2.12. The number of aromatic nitrogens is 1. The molecule has 1 aromatic heterocycles. The van der Waals surface area contributed by atoms with Crippen LogP contribution in [0.2, 0.25) is 5.15 Å². The van der Waals surface area contributed by atoms with Crippen molar-refractivity contribution in [3.8, 4) is 0 Å². The Morgan fingerprint density at radius 2 is 1.90 bits per heavy atom. The van der Waals surface area contributed by atoms with Crippen LogP contribution in [0.15, 0.2) is 48.7 Å². The van der Waals surface area contributed by atoms with Crippen LogP contribution in [0.4, 0.5) is 0 Å². The molecule has 0 aliphatic carbocycles. The molecule has 6 heteroatoms. The molecule has 0 aliphatic rings. The number of nitrogens with zero attached hydrogens (tertiary/aromatic N) is 1. The summed E-state index contributed by atoms with van der Waals surface area (Å²) in [6, 6.07) is 11.1. The summed E-state index contributed by atoms with van der Waals surface area (Å²) >= 11 is 5.82. The van der Waals surface area contributed by atoms with Crippen LogP contribution in [0.25, 0.3) is 0 Å². The second-order valence-corrected chi connectivity index (χ2v) is 4.75. The molecule has 0 saturated carbocycles. The molecule has 0 radical (unpaired) electrons. The molecule has 0 unspecified atom stereocenters.